The second-order valence-corrected chi connectivity index (χ2v) is 10.4. The van der Waals surface area contributed by atoms with Crippen LogP contribution >= 0.6 is 8.25 Å². The number of methoxy groups -OCH3 is 2. The molecule has 4 aromatic rings. The predicted octanol–water partition coefficient (Wildman–Crippen LogP) is 2.86. The van der Waals surface area contributed by atoms with Crippen LogP contribution < -0.4 is 20.7 Å². The fourth-order valence-electron chi connectivity index (χ4n) is 5.23. The number of aromatic amines is 1. The van der Waals surface area contributed by atoms with Crippen molar-refractivity contribution in [3.63, 3.8) is 0 Å². The van der Waals surface area contributed by atoms with Crippen molar-refractivity contribution in [1.29, 1.82) is 0 Å². The summed E-state index contributed by atoms with van der Waals surface area (Å²) in [5.74, 6) is 1.27. The van der Waals surface area contributed by atoms with Gasteiger partial charge in [-0.3, -0.25) is 14.3 Å². The van der Waals surface area contributed by atoms with Crippen LogP contribution in [-0.2, 0) is 24.2 Å². The van der Waals surface area contributed by atoms with E-state index in [-0.39, 0.29) is 6.61 Å². The fraction of sp³-hybridized carbons (Fsp3) is 0.267. The molecule has 224 valence electrons. The molecule has 1 fully saturated rings. The van der Waals surface area contributed by atoms with Gasteiger partial charge in [0.05, 0.1) is 20.8 Å². The first-order chi connectivity index (χ1) is 20.8. The molecule has 1 aromatic heterocycles. The molecular weight excluding hydrogens is 579 g/mol. The SMILES string of the molecule is COc1ccc(C(OC[C@H]2O[C@@H](n3ccc(=O)[nH]c3=O)[C@H](O)[C@@H]2O[P+](=O)O)(c2ccccc2)c2ccc(OC)cc2)cc1. The standard InChI is InChI=1S/C30H29N2O10P/c1-38-22-12-8-20(9-13-22)30(19-6-4-3-5-7-19,21-10-14-23(39-2)15-11-21)40-18-24-27(42-43(36)37)26(34)28(41-24)32-17-16-25(33)31-29(32)35/h3-17,24,26-28,34H,18H2,1-2H3,(H-,31,33,35,36,37)/p+1/t24-,26-,27-,28-/m1/s1. The van der Waals surface area contributed by atoms with Crippen LogP contribution in [0.1, 0.15) is 22.9 Å². The van der Waals surface area contributed by atoms with E-state index in [1.165, 1.54) is 0 Å². The van der Waals surface area contributed by atoms with Gasteiger partial charge in [0.2, 0.25) is 0 Å². The topological polar surface area (TPSA) is 159 Å². The third kappa shape index (κ3) is 6.16. The smallest absolute Gasteiger partial charge is 0.497 e. The molecule has 0 radical (unpaired) electrons. The Bertz CT molecular complexity index is 1610. The van der Waals surface area contributed by atoms with Crippen molar-refractivity contribution in [2.75, 3.05) is 20.8 Å². The quantitative estimate of drug-likeness (QED) is 0.171. The second kappa shape index (κ2) is 13.0. The molecule has 1 saturated heterocycles. The Labute approximate surface area is 247 Å². The Morgan fingerprint density at radius 2 is 1.44 bits per heavy atom. The highest BCUT2D eigenvalue weighted by atomic mass is 31.1. The van der Waals surface area contributed by atoms with Crippen LogP contribution in [0.5, 0.6) is 11.5 Å². The number of nitrogens with one attached hydrogen (secondary N) is 1. The molecule has 12 nitrogen and oxygen atoms in total. The van der Waals surface area contributed by atoms with Crippen LogP contribution in [0, 0.1) is 0 Å². The normalized spacial score (nSPS) is 20.5. The number of benzene rings is 3. The van der Waals surface area contributed by atoms with Gasteiger partial charge in [-0.2, -0.15) is 0 Å². The maximum absolute atomic E-state index is 12.5. The van der Waals surface area contributed by atoms with Crippen LogP contribution in [0.25, 0.3) is 0 Å². The van der Waals surface area contributed by atoms with Crippen molar-refractivity contribution in [2.45, 2.75) is 30.1 Å². The summed E-state index contributed by atoms with van der Waals surface area (Å²) >= 11 is 0. The van der Waals surface area contributed by atoms with Crippen LogP contribution in [0.15, 0.2) is 101 Å². The van der Waals surface area contributed by atoms with Gasteiger partial charge in [-0.15, -0.1) is 9.42 Å². The van der Waals surface area contributed by atoms with Gasteiger partial charge in [-0.05, 0) is 41.0 Å². The summed E-state index contributed by atoms with van der Waals surface area (Å²) in [5, 5.41) is 11.1. The zero-order valence-corrected chi connectivity index (χ0v) is 24.1. The second-order valence-electron chi connectivity index (χ2n) is 9.70. The first kappa shape index (κ1) is 30.3. The monoisotopic (exact) mass is 609 g/mol. The minimum Gasteiger partial charge on any atom is -0.497 e. The highest BCUT2D eigenvalue weighted by molar-refractivity contribution is 7.32. The van der Waals surface area contributed by atoms with E-state index >= 15 is 0 Å². The first-order valence-electron chi connectivity index (χ1n) is 13.2. The van der Waals surface area contributed by atoms with E-state index < -0.39 is 49.6 Å². The van der Waals surface area contributed by atoms with Crippen molar-refractivity contribution < 1.29 is 38.0 Å². The highest BCUT2D eigenvalue weighted by Gasteiger charge is 2.51. The molecule has 0 bridgehead atoms. The lowest BCUT2D eigenvalue weighted by Crippen LogP contribution is -2.40. The van der Waals surface area contributed by atoms with Gasteiger partial charge in [0.1, 0.15) is 29.3 Å². The average molecular weight is 610 g/mol. The van der Waals surface area contributed by atoms with Crippen molar-refractivity contribution in [3.8, 4) is 11.5 Å². The summed E-state index contributed by atoms with van der Waals surface area (Å²) in [7, 11) is -0.0300. The summed E-state index contributed by atoms with van der Waals surface area (Å²) in [6, 6.07) is 25.2. The first-order valence-corrected chi connectivity index (χ1v) is 14.4. The molecule has 1 aliphatic rings. The maximum Gasteiger partial charge on any atom is 0.695 e. The van der Waals surface area contributed by atoms with Crippen molar-refractivity contribution in [3.05, 3.63) is 129 Å². The largest absolute Gasteiger partial charge is 0.695 e. The summed E-state index contributed by atoms with van der Waals surface area (Å²) in [6.07, 6.45) is -4.22. The Balaban J connectivity index is 1.60. The number of rotatable bonds is 11. The van der Waals surface area contributed by atoms with Gasteiger partial charge in [0.15, 0.2) is 12.3 Å². The zero-order valence-electron chi connectivity index (χ0n) is 23.2. The molecule has 0 amide bonds. The van der Waals surface area contributed by atoms with Crippen LogP contribution in [0.4, 0.5) is 0 Å². The molecule has 1 unspecified atom stereocenters. The zero-order chi connectivity index (χ0) is 30.6. The molecule has 0 saturated carbocycles. The molecule has 2 heterocycles. The van der Waals surface area contributed by atoms with Crippen molar-refractivity contribution in [1.82, 2.24) is 9.55 Å². The van der Waals surface area contributed by atoms with Gasteiger partial charge >= 0.3 is 13.9 Å². The average Bonchev–Trinajstić information content (AvgIpc) is 3.32. The van der Waals surface area contributed by atoms with E-state index in [0.717, 1.165) is 33.5 Å². The Morgan fingerprint density at radius 3 is 1.95 bits per heavy atom. The molecule has 13 heteroatoms. The number of hydrogen-bond acceptors (Lipinski definition) is 9. The van der Waals surface area contributed by atoms with E-state index in [1.807, 2.05) is 54.6 Å². The lowest BCUT2D eigenvalue weighted by atomic mass is 9.80. The van der Waals surface area contributed by atoms with Crippen LogP contribution in [0.3, 0.4) is 0 Å². The lowest BCUT2D eigenvalue weighted by molar-refractivity contribution is -0.0941. The summed E-state index contributed by atoms with van der Waals surface area (Å²) in [5.41, 5.74) is -0.521. The Hall–Kier alpha value is -4.16. The molecule has 0 aliphatic carbocycles. The van der Waals surface area contributed by atoms with Gasteiger partial charge in [-0.25, -0.2) is 4.79 Å². The number of aliphatic hydroxyl groups is 1. The molecule has 1 aliphatic heterocycles. The molecule has 5 atom stereocenters. The molecular formula is C30H30N2O10P+. The lowest BCUT2D eigenvalue weighted by Gasteiger charge is -2.37. The van der Waals surface area contributed by atoms with Gasteiger partial charge in [0.25, 0.3) is 5.56 Å². The molecule has 0 spiro atoms. The van der Waals surface area contributed by atoms with Crippen LogP contribution in [-0.4, -0.2) is 58.7 Å². The fourth-order valence-corrected chi connectivity index (χ4v) is 5.70. The van der Waals surface area contributed by atoms with Gasteiger partial charge < -0.3 is 24.1 Å². The van der Waals surface area contributed by atoms with Crippen LogP contribution in [0.2, 0.25) is 0 Å². The maximum atomic E-state index is 12.5. The van der Waals surface area contributed by atoms with E-state index in [0.29, 0.717) is 11.5 Å². The molecule has 5 rings (SSSR count). The molecule has 3 N–H and O–H groups in total. The Morgan fingerprint density at radius 1 is 0.884 bits per heavy atom. The third-order valence-electron chi connectivity index (χ3n) is 7.28. The van der Waals surface area contributed by atoms with E-state index in [9.17, 15) is 24.2 Å². The highest BCUT2D eigenvalue weighted by Crippen LogP contribution is 2.43. The molecule has 43 heavy (non-hydrogen) atoms. The minimum atomic E-state index is -3.17. The summed E-state index contributed by atoms with van der Waals surface area (Å²) in [6.45, 7) is -0.257. The summed E-state index contributed by atoms with van der Waals surface area (Å²) in [4.78, 5) is 35.8. The number of ether oxygens (including phenoxy) is 4. The van der Waals surface area contributed by atoms with E-state index in [1.54, 1.807) is 38.5 Å². The van der Waals surface area contributed by atoms with E-state index in [2.05, 4.69) is 4.98 Å². The number of hydrogen-bond donors (Lipinski definition) is 3. The molecule has 3 aromatic carbocycles. The number of aliphatic hydroxyl groups excluding tert-OH is 1. The third-order valence-corrected chi connectivity index (χ3v) is 7.71. The summed E-state index contributed by atoms with van der Waals surface area (Å²) < 4.78 is 41.5. The van der Waals surface area contributed by atoms with E-state index in [4.69, 9.17) is 23.5 Å². The van der Waals surface area contributed by atoms with Crippen molar-refractivity contribution >= 4 is 8.25 Å². The number of H-pyrrole nitrogens is 1. The van der Waals surface area contributed by atoms with Gasteiger partial charge in [-0.1, -0.05) is 54.6 Å². The minimum absolute atomic E-state index is 0.257. The van der Waals surface area contributed by atoms with Gasteiger partial charge in [0, 0.05) is 16.8 Å². The Kier molecular flexibility index (Phi) is 9.16. The predicted molar refractivity (Wildman–Crippen MR) is 154 cm³/mol. The number of nitrogens with zero attached hydrogens (tertiary/aromatic N) is 1. The number of aromatic nitrogens is 2. The van der Waals surface area contributed by atoms with Crippen molar-refractivity contribution in [2.24, 2.45) is 0 Å².